The number of benzene rings is 1. The summed E-state index contributed by atoms with van der Waals surface area (Å²) in [6.07, 6.45) is 3.61. The van der Waals surface area contributed by atoms with Gasteiger partial charge >= 0.3 is 0 Å². The van der Waals surface area contributed by atoms with Gasteiger partial charge in [-0.2, -0.15) is 5.26 Å². The maximum atomic E-state index is 12.8. The first kappa shape index (κ1) is 15.3. The SMILES string of the molecule is C[C@@H](Oc1ccc(F)cc1)C(=O)NC1(C#N)CCCCC1. The lowest BCUT2D eigenvalue weighted by molar-refractivity contribution is -0.129. The van der Waals surface area contributed by atoms with Gasteiger partial charge in [0.15, 0.2) is 6.10 Å². The van der Waals surface area contributed by atoms with E-state index in [9.17, 15) is 14.4 Å². The number of carbonyl (C=O) groups excluding carboxylic acids is 1. The fourth-order valence-electron chi connectivity index (χ4n) is 2.53. The minimum absolute atomic E-state index is 0.317. The van der Waals surface area contributed by atoms with Crippen molar-refractivity contribution in [2.75, 3.05) is 0 Å². The highest BCUT2D eigenvalue weighted by molar-refractivity contribution is 5.82. The van der Waals surface area contributed by atoms with Crippen LogP contribution < -0.4 is 10.1 Å². The maximum Gasteiger partial charge on any atom is 0.262 e. The number of nitrogens with one attached hydrogen (secondary N) is 1. The summed E-state index contributed by atoms with van der Waals surface area (Å²) in [7, 11) is 0. The first-order chi connectivity index (χ1) is 10.0. The number of halogens is 1. The molecule has 0 spiro atoms. The van der Waals surface area contributed by atoms with Crippen LogP contribution in [0, 0.1) is 17.1 Å². The molecule has 1 fully saturated rings. The Labute approximate surface area is 123 Å². The highest BCUT2D eigenvalue weighted by Crippen LogP contribution is 2.27. The summed E-state index contributed by atoms with van der Waals surface area (Å²) < 4.78 is 18.3. The Kier molecular flexibility index (Phi) is 4.79. The molecule has 4 nitrogen and oxygen atoms in total. The second kappa shape index (κ2) is 6.57. The molecule has 1 aliphatic carbocycles. The van der Waals surface area contributed by atoms with E-state index >= 15 is 0 Å². The fourth-order valence-corrected chi connectivity index (χ4v) is 2.53. The van der Waals surface area contributed by atoms with Crippen LogP contribution in [0.15, 0.2) is 24.3 Å². The molecular weight excluding hydrogens is 271 g/mol. The van der Waals surface area contributed by atoms with Crippen molar-refractivity contribution in [2.45, 2.75) is 50.7 Å². The molecule has 0 radical (unpaired) electrons. The summed E-state index contributed by atoms with van der Waals surface area (Å²) in [5.74, 6) is -0.249. The maximum absolute atomic E-state index is 12.8. The zero-order chi connectivity index (χ0) is 15.3. The van der Waals surface area contributed by atoms with Gasteiger partial charge in [0, 0.05) is 0 Å². The van der Waals surface area contributed by atoms with E-state index in [4.69, 9.17) is 4.74 Å². The lowest BCUT2D eigenvalue weighted by Crippen LogP contribution is -2.52. The standard InChI is InChI=1S/C16H19FN2O2/c1-12(21-14-7-5-13(17)6-8-14)15(20)19-16(11-18)9-3-2-4-10-16/h5-8,12H,2-4,9-10H2,1H3,(H,19,20)/t12-/m1/s1. The predicted molar refractivity (Wildman–Crippen MR) is 76.1 cm³/mol. The fraction of sp³-hybridized carbons (Fsp3) is 0.500. The summed E-state index contributed by atoms with van der Waals surface area (Å²) in [6.45, 7) is 1.62. The van der Waals surface area contributed by atoms with Crippen molar-refractivity contribution in [3.8, 4) is 11.8 Å². The monoisotopic (exact) mass is 290 g/mol. The molecule has 1 aromatic rings. The Morgan fingerprint density at radius 1 is 1.33 bits per heavy atom. The molecule has 1 aliphatic rings. The third-order valence-electron chi connectivity index (χ3n) is 3.78. The number of amides is 1. The summed E-state index contributed by atoms with van der Waals surface area (Å²) >= 11 is 0. The average Bonchev–Trinajstić information content (AvgIpc) is 2.50. The Hall–Kier alpha value is -2.09. The van der Waals surface area contributed by atoms with Crippen LogP contribution in [0.1, 0.15) is 39.0 Å². The van der Waals surface area contributed by atoms with Crippen molar-refractivity contribution >= 4 is 5.91 Å². The van der Waals surface area contributed by atoms with Crippen molar-refractivity contribution in [1.82, 2.24) is 5.32 Å². The normalized spacial score (nSPS) is 18.3. The van der Waals surface area contributed by atoms with Gasteiger partial charge in [-0.25, -0.2) is 4.39 Å². The summed E-state index contributed by atoms with van der Waals surface area (Å²) in [5.41, 5.74) is -0.768. The van der Waals surface area contributed by atoms with E-state index in [-0.39, 0.29) is 11.7 Å². The Morgan fingerprint density at radius 2 is 1.95 bits per heavy atom. The molecule has 0 heterocycles. The number of nitriles is 1. The molecule has 5 heteroatoms. The minimum Gasteiger partial charge on any atom is -0.481 e. The van der Waals surface area contributed by atoms with Gasteiger partial charge in [-0.1, -0.05) is 19.3 Å². The quantitative estimate of drug-likeness (QED) is 0.927. The molecule has 21 heavy (non-hydrogen) atoms. The molecule has 0 aromatic heterocycles. The lowest BCUT2D eigenvalue weighted by Gasteiger charge is -2.32. The number of hydrogen-bond donors (Lipinski definition) is 1. The zero-order valence-electron chi connectivity index (χ0n) is 12.1. The van der Waals surface area contributed by atoms with Gasteiger partial charge in [-0.15, -0.1) is 0 Å². The van der Waals surface area contributed by atoms with E-state index in [0.717, 1.165) is 19.3 Å². The molecule has 0 unspecified atom stereocenters. The topological polar surface area (TPSA) is 62.1 Å². The summed E-state index contributed by atoms with van der Waals surface area (Å²) in [4.78, 5) is 12.2. The second-order valence-corrected chi connectivity index (χ2v) is 5.46. The van der Waals surface area contributed by atoms with Crippen molar-refractivity contribution in [3.05, 3.63) is 30.1 Å². The van der Waals surface area contributed by atoms with Crippen LogP contribution in [0.5, 0.6) is 5.75 Å². The van der Waals surface area contributed by atoms with E-state index in [2.05, 4.69) is 11.4 Å². The molecule has 1 N–H and O–H groups in total. The van der Waals surface area contributed by atoms with E-state index < -0.39 is 11.6 Å². The Bertz CT molecular complexity index is 530. The Balaban J connectivity index is 1.95. The molecule has 112 valence electrons. The molecule has 1 atom stereocenters. The van der Waals surface area contributed by atoms with E-state index in [0.29, 0.717) is 18.6 Å². The van der Waals surface area contributed by atoms with Crippen LogP contribution in [-0.2, 0) is 4.79 Å². The van der Waals surface area contributed by atoms with Crippen LogP contribution in [0.3, 0.4) is 0 Å². The summed E-state index contributed by atoms with van der Waals surface area (Å²) in [6, 6.07) is 7.73. The Morgan fingerprint density at radius 3 is 2.52 bits per heavy atom. The van der Waals surface area contributed by atoms with Crippen LogP contribution in [-0.4, -0.2) is 17.6 Å². The van der Waals surface area contributed by atoms with E-state index in [1.54, 1.807) is 6.92 Å². The molecular formula is C16H19FN2O2. The second-order valence-electron chi connectivity index (χ2n) is 5.46. The number of rotatable bonds is 4. The molecule has 0 aliphatic heterocycles. The van der Waals surface area contributed by atoms with Crippen LogP contribution >= 0.6 is 0 Å². The smallest absolute Gasteiger partial charge is 0.262 e. The first-order valence-corrected chi connectivity index (χ1v) is 7.20. The molecule has 0 bridgehead atoms. The summed E-state index contributed by atoms with van der Waals surface area (Å²) in [5, 5.41) is 12.2. The third kappa shape index (κ3) is 3.94. The van der Waals surface area contributed by atoms with Gasteiger partial charge in [0.25, 0.3) is 5.91 Å². The molecule has 1 aromatic carbocycles. The highest BCUT2D eigenvalue weighted by Gasteiger charge is 2.35. The van der Waals surface area contributed by atoms with Crippen LogP contribution in [0.2, 0.25) is 0 Å². The van der Waals surface area contributed by atoms with Crippen molar-refractivity contribution in [3.63, 3.8) is 0 Å². The van der Waals surface area contributed by atoms with Gasteiger partial charge in [0.05, 0.1) is 6.07 Å². The van der Waals surface area contributed by atoms with Crippen molar-refractivity contribution in [2.24, 2.45) is 0 Å². The number of hydrogen-bond acceptors (Lipinski definition) is 3. The van der Waals surface area contributed by atoms with Crippen LogP contribution in [0.4, 0.5) is 4.39 Å². The van der Waals surface area contributed by atoms with Crippen molar-refractivity contribution < 1.29 is 13.9 Å². The molecule has 2 rings (SSSR count). The first-order valence-electron chi connectivity index (χ1n) is 7.20. The van der Waals surface area contributed by atoms with E-state index in [1.165, 1.54) is 24.3 Å². The van der Waals surface area contributed by atoms with Gasteiger partial charge in [0.1, 0.15) is 17.1 Å². The highest BCUT2D eigenvalue weighted by atomic mass is 19.1. The largest absolute Gasteiger partial charge is 0.481 e. The number of ether oxygens (including phenoxy) is 1. The van der Waals surface area contributed by atoms with E-state index in [1.807, 2.05) is 0 Å². The van der Waals surface area contributed by atoms with Gasteiger partial charge in [0.2, 0.25) is 0 Å². The minimum atomic E-state index is -0.768. The average molecular weight is 290 g/mol. The number of carbonyl (C=O) groups is 1. The third-order valence-corrected chi connectivity index (χ3v) is 3.78. The van der Waals surface area contributed by atoms with Crippen LogP contribution in [0.25, 0.3) is 0 Å². The van der Waals surface area contributed by atoms with Gasteiger partial charge in [-0.05, 0) is 44.0 Å². The molecule has 0 saturated heterocycles. The lowest BCUT2D eigenvalue weighted by atomic mass is 9.83. The number of nitrogens with zero attached hydrogens (tertiary/aromatic N) is 1. The molecule has 1 saturated carbocycles. The zero-order valence-corrected chi connectivity index (χ0v) is 12.1. The molecule has 1 amide bonds. The van der Waals surface area contributed by atoms with Gasteiger partial charge in [-0.3, -0.25) is 4.79 Å². The van der Waals surface area contributed by atoms with Gasteiger partial charge < -0.3 is 10.1 Å². The van der Waals surface area contributed by atoms with Crippen molar-refractivity contribution in [1.29, 1.82) is 5.26 Å². The predicted octanol–water partition coefficient (Wildman–Crippen LogP) is 2.94.